The van der Waals surface area contributed by atoms with Gasteiger partial charge in [0.15, 0.2) is 0 Å². The Bertz CT molecular complexity index is 1490. The van der Waals surface area contributed by atoms with Gasteiger partial charge in [-0.1, -0.05) is 0 Å². The number of nitrogens with zero attached hydrogens (tertiary/aromatic N) is 2. The van der Waals surface area contributed by atoms with Gasteiger partial charge in [-0.15, -0.1) is 0 Å². The summed E-state index contributed by atoms with van der Waals surface area (Å²) in [5.41, 5.74) is 3.72. The molecular weight excluding hydrogens is 478 g/mol. The lowest BCUT2D eigenvalue weighted by Crippen LogP contribution is -2.13. The molecule has 0 radical (unpaired) electrons. The molecule has 9 nitrogen and oxygen atoms in total. The Morgan fingerprint density at radius 2 is 1.56 bits per heavy atom. The highest BCUT2D eigenvalue weighted by molar-refractivity contribution is 7.92. The molecule has 1 aromatic heterocycles. The molecule has 0 atom stereocenters. The summed E-state index contributed by atoms with van der Waals surface area (Å²) in [6, 6.07) is 21.2. The second kappa shape index (κ2) is 9.74. The summed E-state index contributed by atoms with van der Waals surface area (Å²) < 4.78 is 38.9. The standard InChI is InChI=1S/C26H25N5O4S/c1-17-15-25(28-19-7-9-22(34-2)10-8-19)30-26(27-17)29-20-3-5-21(6-4-20)31-36(32,33)23-11-12-24-18(16-23)13-14-35-24/h3-12,15-16,31H,13-14H2,1-2H3,(H2,27,28,29,30). The number of nitrogens with one attached hydrogen (secondary N) is 3. The van der Waals surface area contributed by atoms with Crippen molar-refractivity contribution in [3.8, 4) is 11.5 Å². The largest absolute Gasteiger partial charge is 0.497 e. The summed E-state index contributed by atoms with van der Waals surface area (Å²) in [5.74, 6) is 2.57. The fourth-order valence-electron chi connectivity index (χ4n) is 3.81. The molecule has 10 heteroatoms. The quantitative estimate of drug-likeness (QED) is 0.307. The van der Waals surface area contributed by atoms with Crippen LogP contribution in [0, 0.1) is 6.92 Å². The van der Waals surface area contributed by atoms with E-state index in [-0.39, 0.29) is 4.90 Å². The minimum absolute atomic E-state index is 0.207. The number of hydrogen-bond acceptors (Lipinski definition) is 8. The molecule has 5 rings (SSSR count). The van der Waals surface area contributed by atoms with Crippen molar-refractivity contribution in [3.05, 3.63) is 84.1 Å². The number of ether oxygens (including phenoxy) is 2. The zero-order valence-electron chi connectivity index (χ0n) is 19.8. The van der Waals surface area contributed by atoms with E-state index >= 15 is 0 Å². The molecule has 0 unspecified atom stereocenters. The van der Waals surface area contributed by atoms with Gasteiger partial charge < -0.3 is 20.1 Å². The van der Waals surface area contributed by atoms with Crippen LogP contribution < -0.4 is 24.8 Å². The third-order valence-electron chi connectivity index (χ3n) is 5.58. The number of hydrogen-bond donors (Lipinski definition) is 3. The number of aromatic nitrogens is 2. The minimum atomic E-state index is -3.72. The molecule has 0 fully saturated rings. The van der Waals surface area contributed by atoms with Crippen LogP contribution in [0.1, 0.15) is 11.3 Å². The van der Waals surface area contributed by atoms with Gasteiger partial charge in [0.05, 0.1) is 18.6 Å². The molecule has 2 heterocycles. The van der Waals surface area contributed by atoms with Gasteiger partial charge in [-0.05, 0) is 79.2 Å². The SMILES string of the molecule is COc1ccc(Nc2cc(C)nc(Nc3ccc(NS(=O)(=O)c4ccc5c(c4)CCO5)cc3)n2)cc1. The summed E-state index contributed by atoms with van der Waals surface area (Å²) in [6.45, 7) is 2.46. The molecular formula is C26H25N5O4S. The zero-order valence-corrected chi connectivity index (χ0v) is 20.6. The highest BCUT2D eigenvalue weighted by atomic mass is 32.2. The zero-order chi connectivity index (χ0) is 25.1. The van der Waals surface area contributed by atoms with Crippen LogP contribution in [-0.4, -0.2) is 32.1 Å². The lowest BCUT2D eigenvalue weighted by Gasteiger charge is -2.12. The Labute approximate surface area is 209 Å². The van der Waals surface area contributed by atoms with Crippen molar-refractivity contribution in [2.24, 2.45) is 0 Å². The van der Waals surface area contributed by atoms with E-state index in [2.05, 4.69) is 25.3 Å². The van der Waals surface area contributed by atoms with Crippen LogP contribution in [0.3, 0.4) is 0 Å². The van der Waals surface area contributed by atoms with E-state index in [0.717, 1.165) is 28.4 Å². The van der Waals surface area contributed by atoms with Crippen LogP contribution in [0.15, 0.2) is 77.7 Å². The predicted molar refractivity (Wildman–Crippen MR) is 139 cm³/mol. The molecule has 3 N–H and O–H groups in total. The number of fused-ring (bicyclic) bond motifs is 1. The molecule has 4 aromatic rings. The third kappa shape index (κ3) is 5.33. The number of sulfonamides is 1. The molecule has 1 aliphatic heterocycles. The molecule has 36 heavy (non-hydrogen) atoms. The van der Waals surface area contributed by atoms with Crippen molar-refractivity contribution in [2.45, 2.75) is 18.2 Å². The molecule has 3 aromatic carbocycles. The van der Waals surface area contributed by atoms with Gasteiger partial charge in [-0.2, -0.15) is 4.98 Å². The molecule has 184 valence electrons. The van der Waals surface area contributed by atoms with Crippen molar-refractivity contribution in [2.75, 3.05) is 29.1 Å². The van der Waals surface area contributed by atoms with E-state index in [0.29, 0.717) is 36.2 Å². The summed E-state index contributed by atoms with van der Waals surface area (Å²) in [4.78, 5) is 9.18. The van der Waals surface area contributed by atoms with Gasteiger partial charge in [-0.25, -0.2) is 13.4 Å². The van der Waals surface area contributed by atoms with Gasteiger partial charge in [0.2, 0.25) is 5.95 Å². The molecule has 0 saturated heterocycles. The maximum absolute atomic E-state index is 12.8. The Morgan fingerprint density at radius 1 is 0.861 bits per heavy atom. The topological polar surface area (TPSA) is 114 Å². The number of methoxy groups -OCH3 is 1. The van der Waals surface area contributed by atoms with E-state index in [9.17, 15) is 8.42 Å². The van der Waals surface area contributed by atoms with Gasteiger partial charge >= 0.3 is 0 Å². The third-order valence-corrected chi connectivity index (χ3v) is 6.96. The van der Waals surface area contributed by atoms with Gasteiger partial charge in [0, 0.05) is 35.2 Å². The van der Waals surface area contributed by atoms with Crippen molar-refractivity contribution < 1.29 is 17.9 Å². The predicted octanol–water partition coefficient (Wildman–Crippen LogP) is 5.02. The van der Waals surface area contributed by atoms with Crippen LogP contribution >= 0.6 is 0 Å². The monoisotopic (exact) mass is 503 g/mol. The molecule has 0 spiro atoms. The Morgan fingerprint density at radius 3 is 2.31 bits per heavy atom. The molecule has 0 amide bonds. The first kappa shape index (κ1) is 23.4. The lowest BCUT2D eigenvalue weighted by molar-refractivity contribution is 0.356. The maximum Gasteiger partial charge on any atom is 0.261 e. The van der Waals surface area contributed by atoms with Crippen LogP contribution in [0.5, 0.6) is 11.5 Å². The summed E-state index contributed by atoms with van der Waals surface area (Å²) >= 11 is 0. The highest BCUT2D eigenvalue weighted by Crippen LogP contribution is 2.29. The molecule has 0 aliphatic carbocycles. The first-order valence-corrected chi connectivity index (χ1v) is 12.8. The first-order chi connectivity index (χ1) is 17.4. The van der Waals surface area contributed by atoms with Crippen molar-refractivity contribution in [1.82, 2.24) is 9.97 Å². The normalized spacial score (nSPS) is 12.4. The molecule has 0 saturated carbocycles. The first-order valence-electron chi connectivity index (χ1n) is 11.3. The number of aryl methyl sites for hydroxylation is 1. The summed E-state index contributed by atoms with van der Waals surface area (Å²) in [7, 11) is -2.09. The smallest absolute Gasteiger partial charge is 0.261 e. The average molecular weight is 504 g/mol. The van der Waals surface area contributed by atoms with E-state index in [1.807, 2.05) is 37.3 Å². The van der Waals surface area contributed by atoms with Crippen molar-refractivity contribution in [3.63, 3.8) is 0 Å². The summed E-state index contributed by atoms with van der Waals surface area (Å²) in [5, 5.41) is 6.42. The van der Waals surface area contributed by atoms with Crippen LogP contribution in [-0.2, 0) is 16.4 Å². The number of rotatable bonds is 8. The van der Waals surface area contributed by atoms with E-state index in [4.69, 9.17) is 9.47 Å². The van der Waals surface area contributed by atoms with Crippen LogP contribution in [0.2, 0.25) is 0 Å². The van der Waals surface area contributed by atoms with E-state index < -0.39 is 10.0 Å². The fourth-order valence-corrected chi connectivity index (χ4v) is 4.91. The van der Waals surface area contributed by atoms with Crippen LogP contribution in [0.4, 0.5) is 28.8 Å². The molecule has 1 aliphatic rings. The van der Waals surface area contributed by atoms with Crippen molar-refractivity contribution in [1.29, 1.82) is 0 Å². The van der Waals surface area contributed by atoms with E-state index in [1.165, 1.54) is 0 Å². The number of anilines is 5. The summed E-state index contributed by atoms with van der Waals surface area (Å²) in [6.07, 6.45) is 0.706. The van der Waals surface area contributed by atoms with Gasteiger partial charge in [-0.3, -0.25) is 4.72 Å². The lowest BCUT2D eigenvalue weighted by atomic mass is 10.2. The minimum Gasteiger partial charge on any atom is -0.497 e. The fraction of sp³-hybridized carbons (Fsp3) is 0.154. The average Bonchev–Trinajstić information content (AvgIpc) is 3.33. The Hall–Kier alpha value is -4.31. The second-order valence-electron chi connectivity index (χ2n) is 8.25. The highest BCUT2D eigenvalue weighted by Gasteiger charge is 2.19. The van der Waals surface area contributed by atoms with Crippen LogP contribution in [0.25, 0.3) is 0 Å². The number of benzene rings is 3. The Kier molecular flexibility index (Phi) is 6.34. The Balaban J connectivity index is 1.27. The van der Waals surface area contributed by atoms with Crippen molar-refractivity contribution >= 4 is 38.9 Å². The van der Waals surface area contributed by atoms with E-state index in [1.54, 1.807) is 49.6 Å². The van der Waals surface area contributed by atoms with Gasteiger partial charge in [0.25, 0.3) is 10.0 Å². The maximum atomic E-state index is 12.8. The van der Waals surface area contributed by atoms with Gasteiger partial charge in [0.1, 0.15) is 17.3 Å². The second-order valence-corrected chi connectivity index (χ2v) is 9.93. The molecule has 0 bridgehead atoms.